The molecule has 0 radical (unpaired) electrons. The van der Waals surface area contributed by atoms with E-state index in [1.165, 1.54) is 0 Å². The van der Waals surface area contributed by atoms with Crippen molar-refractivity contribution in [3.05, 3.63) is 90.8 Å². The van der Waals surface area contributed by atoms with Gasteiger partial charge in [0.2, 0.25) is 0 Å². The first-order valence-electron chi connectivity index (χ1n) is 9.93. The molecule has 4 aromatic heterocycles. The zero-order chi connectivity index (χ0) is 21.2. The molecule has 0 aliphatic carbocycles. The zero-order valence-corrected chi connectivity index (χ0v) is 16.8. The molecule has 8 heteroatoms. The molecule has 0 unspecified atom stereocenters. The molecule has 0 saturated heterocycles. The van der Waals surface area contributed by atoms with Crippen LogP contribution in [0.3, 0.4) is 0 Å². The Morgan fingerprint density at radius 1 is 0.935 bits per heavy atom. The highest BCUT2D eigenvalue weighted by Gasteiger charge is 2.18. The van der Waals surface area contributed by atoms with Crippen LogP contribution in [0.5, 0.6) is 0 Å². The molecule has 8 nitrogen and oxygen atoms in total. The summed E-state index contributed by atoms with van der Waals surface area (Å²) in [6.07, 6.45) is 7.29. The summed E-state index contributed by atoms with van der Waals surface area (Å²) in [5.41, 5.74) is 3.79. The van der Waals surface area contributed by atoms with Crippen molar-refractivity contribution in [3.63, 3.8) is 0 Å². The van der Waals surface area contributed by atoms with Gasteiger partial charge in [-0.05, 0) is 42.8 Å². The summed E-state index contributed by atoms with van der Waals surface area (Å²) >= 11 is 0. The number of nitrogens with zero attached hydrogens (tertiary/aromatic N) is 6. The highest BCUT2D eigenvalue weighted by atomic mass is 16.1. The SMILES string of the molecule is CCc1c(C(=O)Nc2ccc(-n3cnc4ccccc43)nc2)cnn1-c1ccccn1. The molecule has 0 fully saturated rings. The minimum Gasteiger partial charge on any atom is -0.320 e. The third-order valence-corrected chi connectivity index (χ3v) is 5.02. The number of hydrogen-bond donors (Lipinski definition) is 1. The quantitative estimate of drug-likeness (QED) is 0.477. The molecule has 0 aliphatic rings. The van der Waals surface area contributed by atoms with E-state index in [-0.39, 0.29) is 5.91 Å². The molecule has 5 aromatic rings. The number of rotatable bonds is 5. The summed E-state index contributed by atoms with van der Waals surface area (Å²) in [7, 11) is 0. The van der Waals surface area contributed by atoms with E-state index in [4.69, 9.17) is 0 Å². The Hall–Kier alpha value is -4.33. The molecule has 1 N–H and O–H groups in total. The molecule has 152 valence electrons. The smallest absolute Gasteiger partial charge is 0.259 e. The molecule has 0 spiro atoms. The Bertz CT molecular complexity index is 1350. The summed E-state index contributed by atoms with van der Waals surface area (Å²) in [5.74, 6) is 1.17. The molecule has 0 aliphatic heterocycles. The first kappa shape index (κ1) is 18.7. The Balaban J connectivity index is 1.38. The van der Waals surface area contributed by atoms with Gasteiger partial charge in [0.05, 0.1) is 40.4 Å². The van der Waals surface area contributed by atoms with Crippen molar-refractivity contribution in [2.75, 3.05) is 5.32 Å². The van der Waals surface area contributed by atoms with Crippen LogP contribution in [0.25, 0.3) is 22.7 Å². The number of aromatic nitrogens is 6. The third kappa shape index (κ3) is 3.44. The number of benzene rings is 1. The van der Waals surface area contributed by atoms with Gasteiger partial charge in [0.1, 0.15) is 12.1 Å². The number of anilines is 1. The number of carbonyl (C=O) groups is 1. The maximum absolute atomic E-state index is 12.9. The average molecular weight is 409 g/mol. The molecular weight excluding hydrogens is 390 g/mol. The van der Waals surface area contributed by atoms with E-state index in [9.17, 15) is 4.79 Å². The van der Waals surface area contributed by atoms with Crippen LogP contribution in [-0.4, -0.2) is 35.2 Å². The molecular formula is C23H19N7O. The maximum Gasteiger partial charge on any atom is 0.259 e. The predicted octanol–water partition coefficient (Wildman–Crippen LogP) is 3.82. The first-order chi connectivity index (χ1) is 15.2. The number of imidazole rings is 1. The van der Waals surface area contributed by atoms with Crippen LogP contribution >= 0.6 is 0 Å². The Morgan fingerprint density at radius 2 is 1.81 bits per heavy atom. The lowest BCUT2D eigenvalue weighted by Crippen LogP contribution is -2.15. The molecule has 1 aromatic carbocycles. The Morgan fingerprint density at radius 3 is 2.58 bits per heavy atom. The molecule has 0 atom stereocenters. The van der Waals surface area contributed by atoms with Crippen LogP contribution in [0, 0.1) is 0 Å². The van der Waals surface area contributed by atoms with Gasteiger partial charge >= 0.3 is 0 Å². The normalized spacial score (nSPS) is 11.0. The van der Waals surface area contributed by atoms with Crippen molar-refractivity contribution >= 4 is 22.6 Å². The molecule has 0 saturated carbocycles. The van der Waals surface area contributed by atoms with E-state index in [1.807, 2.05) is 66.1 Å². The van der Waals surface area contributed by atoms with E-state index in [0.717, 1.165) is 22.5 Å². The number of carbonyl (C=O) groups excluding carboxylic acids is 1. The van der Waals surface area contributed by atoms with E-state index < -0.39 is 0 Å². The monoisotopic (exact) mass is 409 g/mol. The van der Waals surface area contributed by atoms with Gasteiger partial charge in [0.25, 0.3) is 5.91 Å². The molecule has 0 bridgehead atoms. The number of pyridine rings is 2. The van der Waals surface area contributed by atoms with Gasteiger partial charge in [-0.15, -0.1) is 0 Å². The Labute approximate surface area is 178 Å². The summed E-state index contributed by atoms with van der Waals surface area (Å²) in [4.78, 5) is 26.1. The van der Waals surface area contributed by atoms with Gasteiger partial charge in [0.15, 0.2) is 5.82 Å². The number of hydrogen-bond acceptors (Lipinski definition) is 5. The highest BCUT2D eigenvalue weighted by molar-refractivity contribution is 6.05. The number of amides is 1. The lowest BCUT2D eigenvalue weighted by Gasteiger charge is -2.09. The van der Waals surface area contributed by atoms with Crippen molar-refractivity contribution in [2.24, 2.45) is 0 Å². The van der Waals surface area contributed by atoms with Gasteiger partial charge in [-0.2, -0.15) is 5.10 Å². The fourth-order valence-electron chi connectivity index (χ4n) is 3.52. The zero-order valence-electron chi connectivity index (χ0n) is 16.8. The molecule has 5 rings (SSSR count). The van der Waals surface area contributed by atoms with E-state index in [0.29, 0.717) is 23.5 Å². The fraction of sp³-hybridized carbons (Fsp3) is 0.0870. The van der Waals surface area contributed by atoms with Crippen molar-refractivity contribution in [1.29, 1.82) is 0 Å². The van der Waals surface area contributed by atoms with Crippen molar-refractivity contribution < 1.29 is 4.79 Å². The first-order valence-corrected chi connectivity index (χ1v) is 9.93. The molecule has 4 heterocycles. The van der Waals surface area contributed by atoms with Gasteiger partial charge < -0.3 is 5.32 Å². The minimum atomic E-state index is -0.235. The second-order valence-electron chi connectivity index (χ2n) is 6.92. The second-order valence-corrected chi connectivity index (χ2v) is 6.92. The van der Waals surface area contributed by atoms with Crippen LogP contribution in [0.2, 0.25) is 0 Å². The third-order valence-electron chi connectivity index (χ3n) is 5.02. The highest BCUT2D eigenvalue weighted by Crippen LogP contribution is 2.19. The van der Waals surface area contributed by atoms with Crippen LogP contribution < -0.4 is 5.32 Å². The largest absolute Gasteiger partial charge is 0.320 e. The van der Waals surface area contributed by atoms with Gasteiger partial charge in [-0.1, -0.05) is 25.1 Å². The standard InChI is InChI=1S/C23H19N7O/c1-2-19-17(14-27-30(19)22-9-5-6-12-24-22)23(31)28-16-10-11-21(25-13-16)29-15-26-18-7-3-4-8-20(18)29/h3-15H,2H2,1H3,(H,28,31). The molecule has 31 heavy (non-hydrogen) atoms. The van der Waals surface area contributed by atoms with Crippen molar-refractivity contribution in [2.45, 2.75) is 13.3 Å². The lowest BCUT2D eigenvalue weighted by atomic mass is 10.2. The van der Waals surface area contributed by atoms with E-state index >= 15 is 0 Å². The van der Waals surface area contributed by atoms with Crippen LogP contribution in [0.15, 0.2) is 79.5 Å². The van der Waals surface area contributed by atoms with E-state index in [1.54, 1.807) is 29.6 Å². The topological polar surface area (TPSA) is 90.5 Å². The number of fused-ring (bicyclic) bond motifs is 1. The molecule has 1 amide bonds. The fourth-order valence-corrected chi connectivity index (χ4v) is 3.52. The van der Waals surface area contributed by atoms with Gasteiger partial charge in [-0.25, -0.2) is 19.6 Å². The van der Waals surface area contributed by atoms with Crippen LogP contribution in [0.4, 0.5) is 5.69 Å². The Kier molecular flexibility index (Phi) is 4.72. The van der Waals surface area contributed by atoms with E-state index in [2.05, 4.69) is 25.4 Å². The minimum absolute atomic E-state index is 0.235. The lowest BCUT2D eigenvalue weighted by molar-refractivity contribution is 0.102. The second kappa shape index (κ2) is 7.83. The van der Waals surface area contributed by atoms with Crippen molar-refractivity contribution in [3.8, 4) is 11.6 Å². The average Bonchev–Trinajstić information content (AvgIpc) is 3.45. The number of para-hydroxylation sites is 2. The van der Waals surface area contributed by atoms with Crippen LogP contribution in [0.1, 0.15) is 23.0 Å². The predicted molar refractivity (Wildman–Crippen MR) is 118 cm³/mol. The summed E-state index contributed by atoms with van der Waals surface area (Å²) in [5, 5.41) is 7.27. The summed E-state index contributed by atoms with van der Waals surface area (Å²) < 4.78 is 3.60. The van der Waals surface area contributed by atoms with Gasteiger partial charge in [0, 0.05) is 6.20 Å². The van der Waals surface area contributed by atoms with Crippen molar-refractivity contribution in [1.82, 2.24) is 29.3 Å². The van der Waals surface area contributed by atoms with Gasteiger partial charge in [-0.3, -0.25) is 9.36 Å². The number of nitrogens with one attached hydrogen (secondary N) is 1. The summed E-state index contributed by atoms with van der Waals surface area (Å²) in [6, 6.07) is 17.1. The maximum atomic E-state index is 12.9. The van der Waals surface area contributed by atoms with Crippen LogP contribution in [-0.2, 0) is 6.42 Å². The summed E-state index contributed by atoms with van der Waals surface area (Å²) in [6.45, 7) is 1.99.